The average Bonchev–Trinajstić information content (AvgIpc) is 3.29. The summed E-state index contributed by atoms with van der Waals surface area (Å²) in [5.74, 6) is 0.267. The zero-order valence-corrected chi connectivity index (χ0v) is 16.3. The van der Waals surface area contributed by atoms with Gasteiger partial charge in [-0.2, -0.15) is 5.10 Å². The number of hydrogen-bond donors (Lipinski definition) is 2. The van der Waals surface area contributed by atoms with Crippen molar-refractivity contribution in [3.8, 4) is 16.9 Å². The SMILES string of the molecule is NC(=O)c1cc(-c2cnn(C3CCS(=O)(=O)C3)c2)ccc1OC1CCNCC1. The summed E-state index contributed by atoms with van der Waals surface area (Å²) in [6.07, 6.45) is 5.90. The number of piperidine rings is 1. The van der Waals surface area contributed by atoms with Crippen molar-refractivity contribution in [2.24, 2.45) is 5.73 Å². The van der Waals surface area contributed by atoms with E-state index >= 15 is 0 Å². The summed E-state index contributed by atoms with van der Waals surface area (Å²) in [5.41, 5.74) is 7.52. The van der Waals surface area contributed by atoms with Gasteiger partial charge in [0.15, 0.2) is 9.84 Å². The van der Waals surface area contributed by atoms with Crippen molar-refractivity contribution in [2.45, 2.75) is 31.4 Å². The number of carbonyl (C=O) groups excluding carboxylic acids is 1. The molecule has 150 valence electrons. The molecular formula is C19H24N4O4S. The molecule has 3 heterocycles. The lowest BCUT2D eigenvalue weighted by Gasteiger charge is -2.24. The number of nitrogens with two attached hydrogens (primary N) is 1. The number of rotatable bonds is 5. The summed E-state index contributed by atoms with van der Waals surface area (Å²) >= 11 is 0. The van der Waals surface area contributed by atoms with Crippen LogP contribution in [0.3, 0.4) is 0 Å². The normalized spacial score (nSPS) is 22.2. The third-order valence-corrected chi connectivity index (χ3v) is 7.09. The maximum absolute atomic E-state index is 12.0. The molecule has 1 aromatic heterocycles. The number of ether oxygens (including phenoxy) is 1. The topological polar surface area (TPSA) is 116 Å². The van der Waals surface area contributed by atoms with Crippen LogP contribution >= 0.6 is 0 Å². The maximum atomic E-state index is 12.0. The highest BCUT2D eigenvalue weighted by atomic mass is 32.2. The number of amides is 1. The fraction of sp³-hybridized carbons (Fsp3) is 0.474. The summed E-state index contributed by atoms with van der Waals surface area (Å²) in [6.45, 7) is 1.79. The number of carbonyl (C=O) groups is 1. The molecule has 0 aliphatic carbocycles. The number of nitrogens with zero attached hydrogens (tertiary/aromatic N) is 2. The van der Waals surface area contributed by atoms with Crippen LogP contribution in [-0.2, 0) is 9.84 Å². The molecule has 0 radical (unpaired) electrons. The number of hydrogen-bond acceptors (Lipinski definition) is 6. The number of aromatic nitrogens is 2. The van der Waals surface area contributed by atoms with Gasteiger partial charge in [-0.1, -0.05) is 6.07 Å². The summed E-state index contributed by atoms with van der Waals surface area (Å²) in [7, 11) is -2.98. The van der Waals surface area contributed by atoms with Crippen molar-refractivity contribution < 1.29 is 17.9 Å². The maximum Gasteiger partial charge on any atom is 0.252 e. The monoisotopic (exact) mass is 404 g/mol. The fourth-order valence-corrected chi connectivity index (χ4v) is 5.47. The Morgan fingerprint density at radius 1 is 1.21 bits per heavy atom. The number of nitrogens with one attached hydrogen (secondary N) is 1. The van der Waals surface area contributed by atoms with Crippen LogP contribution in [0.5, 0.6) is 5.75 Å². The first kappa shape index (κ1) is 18.9. The first-order valence-electron chi connectivity index (χ1n) is 9.47. The molecule has 28 heavy (non-hydrogen) atoms. The Hall–Kier alpha value is -2.39. The Kier molecular flexibility index (Phi) is 5.11. The molecule has 0 spiro atoms. The third kappa shape index (κ3) is 4.05. The molecule has 4 rings (SSSR count). The molecule has 2 saturated heterocycles. The van der Waals surface area contributed by atoms with Gasteiger partial charge in [0, 0.05) is 11.8 Å². The van der Waals surface area contributed by atoms with Crippen LogP contribution < -0.4 is 15.8 Å². The molecule has 1 amide bonds. The molecule has 2 fully saturated rings. The van der Waals surface area contributed by atoms with Crippen LogP contribution in [0.1, 0.15) is 35.7 Å². The minimum absolute atomic E-state index is 0.0669. The predicted molar refractivity (Wildman–Crippen MR) is 105 cm³/mol. The quantitative estimate of drug-likeness (QED) is 0.772. The largest absolute Gasteiger partial charge is 0.489 e. The lowest BCUT2D eigenvalue weighted by Crippen LogP contribution is -2.34. The van der Waals surface area contributed by atoms with Gasteiger partial charge < -0.3 is 15.8 Å². The lowest BCUT2D eigenvalue weighted by molar-refractivity contribution is 0.0989. The highest BCUT2D eigenvalue weighted by Gasteiger charge is 2.29. The van der Waals surface area contributed by atoms with E-state index in [1.807, 2.05) is 12.3 Å². The lowest BCUT2D eigenvalue weighted by atomic mass is 10.0. The van der Waals surface area contributed by atoms with E-state index in [0.717, 1.165) is 37.1 Å². The van der Waals surface area contributed by atoms with Gasteiger partial charge in [-0.25, -0.2) is 8.42 Å². The Morgan fingerprint density at radius 3 is 2.68 bits per heavy atom. The number of benzene rings is 1. The van der Waals surface area contributed by atoms with Crippen LogP contribution in [0.15, 0.2) is 30.6 Å². The van der Waals surface area contributed by atoms with E-state index in [4.69, 9.17) is 10.5 Å². The van der Waals surface area contributed by atoms with Crippen molar-refractivity contribution >= 4 is 15.7 Å². The van der Waals surface area contributed by atoms with Crippen LogP contribution in [0.25, 0.3) is 11.1 Å². The van der Waals surface area contributed by atoms with E-state index in [0.29, 0.717) is 17.7 Å². The molecule has 2 aliphatic rings. The van der Waals surface area contributed by atoms with Gasteiger partial charge in [0.25, 0.3) is 5.91 Å². The Balaban J connectivity index is 1.57. The van der Waals surface area contributed by atoms with Gasteiger partial charge in [0.05, 0.1) is 29.3 Å². The van der Waals surface area contributed by atoms with Gasteiger partial charge in [-0.05, 0) is 50.0 Å². The molecule has 0 saturated carbocycles. The highest BCUT2D eigenvalue weighted by molar-refractivity contribution is 7.91. The van der Waals surface area contributed by atoms with Crippen LogP contribution in [0.4, 0.5) is 0 Å². The van der Waals surface area contributed by atoms with Gasteiger partial charge in [-0.3, -0.25) is 9.48 Å². The van der Waals surface area contributed by atoms with E-state index in [1.54, 1.807) is 23.0 Å². The zero-order chi connectivity index (χ0) is 19.7. The van der Waals surface area contributed by atoms with E-state index in [-0.39, 0.29) is 23.7 Å². The molecule has 8 nitrogen and oxygen atoms in total. The molecule has 2 aliphatic heterocycles. The van der Waals surface area contributed by atoms with Crippen LogP contribution in [-0.4, -0.2) is 54.8 Å². The molecular weight excluding hydrogens is 380 g/mol. The molecule has 1 aromatic carbocycles. The number of primary amides is 1. The van der Waals surface area contributed by atoms with Gasteiger partial charge >= 0.3 is 0 Å². The van der Waals surface area contributed by atoms with Crippen LogP contribution in [0, 0.1) is 0 Å². The smallest absolute Gasteiger partial charge is 0.252 e. The minimum Gasteiger partial charge on any atom is -0.489 e. The van der Waals surface area contributed by atoms with Crippen molar-refractivity contribution in [2.75, 3.05) is 24.6 Å². The summed E-state index contributed by atoms with van der Waals surface area (Å²) in [4.78, 5) is 12.0. The molecule has 0 bridgehead atoms. The zero-order valence-electron chi connectivity index (χ0n) is 15.5. The van der Waals surface area contributed by atoms with Gasteiger partial charge in [0.2, 0.25) is 0 Å². The minimum atomic E-state index is -2.98. The van der Waals surface area contributed by atoms with E-state index in [2.05, 4.69) is 10.4 Å². The first-order valence-corrected chi connectivity index (χ1v) is 11.3. The Labute approximate surface area is 164 Å². The molecule has 1 atom stereocenters. The van der Waals surface area contributed by atoms with Crippen molar-refractivity contribution in [1.29, 1.82) is 0 Å². The van der Waals surface area contributed by atoms with Crippen molar-refractivity contribution in [3.63, 3.8) is 0 Å². The van der Waals surface area contributed by atoms with Gasteiger partial charge in [0.1, 0.15) is 11.9 Å². The summed E-state index contributed by atoms with van der Waals surface area (Å²) < 4.78 is 31.1. The average molecular weight is 404 g/mol. The fourth-order valence-electron chi connectivity index (χ4n) is 3.77. The van der Waals surface area contributed by atoms with Gasteiger partial charge in [-0.15, -0.1) is 0 Å². The first-order chi connectivity index (χ1) is 13.4. The second kappa shape index (κ2) is 7.56. The van der Waals surface area contributed by atoms with Crippen molar-refractivity contribution in [3.05, 3.63) is 36.2 Å². The van der Waals surface area contributed by atoms with E-state index < -0.39 is 15.7 Å². The van der Waals surface area contributed by atoms with E-state index in [9.17, 15) is 13.2 Å². The third-order valence-electron chi connectivity index (χ3n) is 5.34. The van der Waals surface area contributed by atoms with E-state index in [1.165, 1.54) is 0 Å². The second-order valence-corrected chi connectivity index (χ2v) is 9.64. The standard InChI is InChI=1S/C19H24N4O4S/c20-19(24)17-9-13(1-2-18(17)27-16-3-6-21-7-4-16)14-10-22-23(11-14)15-5-8-28(25,26)12-15/h1-2,9-11,15-16,21H,3-8,12H2,(H2,20,24). The van der Waals surface area contributed by atoms with Crippen molar-refractivity contribution in [1.82, 2.24) is 15.1 Å². The molecule has 1 unspecified atom stereocenters. The number of sulfone groups is 1. The summed E-state index contributed by atoms with van der Waals surface area (Å²) in [5, 5.41) is 7.61. The highest BCUT2D eigenvalue weighted by Crippen LogP contribution is 2.30. The Morgan fingerprint density at radius 2 is 2.00 bits per heavy atom. The molecule has 2 aromatic rings. The second-order valence-electron chi connectivity index (χ2n) is 7.41. The summed E-state index contributed by atoms with van der Waals surface area (Å²) in [6, 6.07) is 5.22. The van der Waals surface area contributed by atoms with Crippen LogP contribution in [0.2, 0.25) is 0 Å². The Bertz CT molecular complexity index is 980. The molecule has 3 N–H and O–H groups in total. The predicted octanol–water partition coefficient (Wildman–Crippen LogP) is 1.14. The molecule has 9 heteroatoms.